The Kier molecular flexibility index (Phi) is 12.0. The van der Waals surface area contributed by atoms with Crippen molar-refractivity contribution in [3.05, 3.63) is 43.8 Å². The normalized spacial score (nSPS) is 11.4. The van der Waals surface area contributed by atoms with E-state index in [-0.39, 0.29) is 18.9 Å². The van der Waals surface area contributed by atoms with Crippen LogP contribution in [0.3, 0.4) is 0 Å². The number of carboxylic acid groups (broad SMARTS) is 1. The minimum atomic E-state index is -0.811. The average molecular weight is 390 g/mol. The number of hydrogen-bond acceptors (Lipinski definition) is 5. The van der Waals surface area contributed by atoms with Crippen molar-refractivity contribution in [3.63, 3.8) is 0 Å². The zero-order valence-corrected chi connectivity index (χ0v) is 16.3. The van der Waals surface area contributed by atoms with Crippen molar-refractivity contribution in [2.45, 2.75) is 51.0 Å². The molecule has 2 N–H and O–H groups in total. The van der Waals surface area contributed by atoms with Crippen LogP contribution < -0.4 is 10.1 Å². The van der Waals surface area contributed by atoms with Crippen molar-refractivity contribution in [1.82, 2.24) is 4.98 Å². The van der Waals surface area contributed by atoms with Crippen LogP contribution in [-0.2, 0) is 14.3 Å². The number of unbranched alkanes of at least 4 members (excludes halogenated alkanes) is 3. The van der Waals surface area contributed by atoms with Crippen LogP contribution in [0.5, 0.6) is 5.75 Å². The van der Waals surface area contributed by atoms with E-state index in [1.165, 1.54) is 6.20 Å². The summed E-state index contributed by atoms with van der Waals surface area (Å²) in [5.74, 6) is -0.547. The Morgan fingerprint density at radius 1 is 1.21 bits per heavy atom. The third kappa shape index (κ3) is 9.87. The molecule has 0 fully saturated rings. The van der Waals surface area contributed by atoms with Crippen LogP contribution in [-0.4, -0.2) is 41.3 Å². The van der Waals surface area contributed by atoms with Crippen molar-refractivity contribution in [1.29, 1.82) is 0 Å². The standard InChI is InChI=1S/C21H30N2O5/c1-3-5-9-15-28-18-12-13-22-16-17(18)23-21(26)19(27-14-4-2)10-7-6-8-11-20(24)25/h3-4,12-13,16,19H,1-2,5-11,14-15H2,(H,23,26)(H,24,25). The topological polar surface area (TPSA) is 97.8 Å². The molecule has 7 nitrogen and oxygen atoms in total. The monoisotopic (exact) mass is 390 g/mol. The number of carbonyl (C=O) groups is 2. The molecule has 7 heteroatoms. The quantitative estimate of drug-likeness (QED) is 0.327. The summed E-state index contributed by atoms with van der Waals surface area (Å²) in [7, 11) is 0. The second-order valence-electron chi connectivity index (χ2n) is 6.24. The molecule has 0 aliphatic rings. The van der Waals surface area contributed by atoms with E-state index in [9.17, 15) is 9.59 Å². The SMILES string of the molecule is C=CCCCOc1ccncc1NC(=O)C(CCCCCC(=O)O)OCC=C. The third-order valence-electron chi connectivity index (χ3n) is 3.91. The summed E-state index contributed by atoms with van der Waals surface area (Å²) in [5.41, 5.74) is 0.490. The predicted molar refractivity (Wildman–Crippen MR) is 108 cm³/mol. The maximum absolute atomic E-state index is 12.7. The molecule has 1 aromatic heterocycles. The number of amides is 1. The van der Waals surface area contributed by atoms with Gasteiger partial charge in [-0.1, -0.05) is 25.0 Å². The molecule has 1 rings (SSSR count). The highest BCUT2D eigenvalue weighted by atomic mass is 16.5. The maximum Gasteiger partial charge on any atom is 0.303 e. The van der Waals surface area contributed by atoms with Gasteiger partial charge in [-0.25, -0.2) is 0 Å². The van der Waals surface area contributed by atoms with E-state index >= 15 is 0 Å². The Hall–Kier alpha value is -2.67. The van der Waals surface area contributed by atoms with Crippen molar-refractivity contribution >= 4 is 17.6 Å². The van der Waals surface area contributed by atoms with Crippen molar-refractivity contribution in [2.75, 3.05) is 18.5 Å². The van der Waals surface area contributed by atoms with Gasteiger partial charge >= 0.3 is 5.97 Å². The number of ether oxygens (including phenoxy) is 2. The van der Waals surface area contributed by atoms with Crippen LogP contribution in [0.1, 0.15) is 44.9 Å². The molecule has 28 heavy (non-hydrogen) atoms. The van der Waals surface area contributed by atoms with Crippen LogP contribution in [0, 0.1) is 0 Å². The molecule has 1 aromatic rings. The van der Waals surface area contributed by atoms with Gasteiger partial charge in [0.1, 0.15) is 17.5 Å². The van der Waals surface area contributed by atoms with Gasteiger partial charge in [0.2, 0.25) is 0 Å². The molecule has 1 amide bonds. The summed E-state index contributed by atoms with van der Waals surface area (Å²) < 4.78 is 11.3. The van der Waals surface area contributed by atoms with E-state index < -0.39 is 12.1 Å². The van der Waals surface area contributed by atoms with Gasteiger partial charge in [-0.2, -0.15) is 0 Å². The molecular formula is C21H30N2O5. The number of allylic oxidation sites excluding steroid dienone is 1. The smallest absolute Gasteiger partial charge is 0.303 e. The molecule has 0 aromatic carbocycles. The number of anilines is 1. The molecule has 1 atom stereocenters. The molecule has 0 spiro atoms. The van der Waals surface area contributed by atoms with Gasteiger partial charge in [-0.15, -0.1) is 13.2 Å². The number of aromatic nitrogens is 1. The van der Waals surface area contributed by atoms with Crippen molar-refractivity contribution in [2.24, 2.45) is 0 Å². The van der Waals surface area contributed by atoms with Gasteiger partial charge in [-0.05, 0) is 25.7 Å². The first-order valence-corrected chi connectivity index (χ1v) is 9.51. The summed E-state index contributed by atoms with van der Waals surface area (Å²) in [6.07, 6.45) is 10.2. The molecule has 1 heterocycles. The number of aliphatic carboxylic acids is 1. The fourth-order valence-corrected chi connectivity index (χ4v) is 2.48. The maximum atomic E-state index is 12.7. The lowest BCUT2D eigenvalue weighted by Crippen LogP contribution is -2.31. The number of rotatable bonds is 16. The van der Waals surface area contributed by atoms with E-state index in [0.29, 0.717) is 37.3 Å². The van der Waals surface area contributed by atoms with Crippen molar-refractivity contribution in [3.8, 4) is 5.75 Å². The molecule has 1 unspecified atom stereocenters. The number of nitrogens with zero attached hydrogens (tertiary/aromatic N) is 1. The van der Waals surface area contributed by atoms with Gasteiger partial charge in [0, 0.05) is 18.7 Å². The second kappa shape index (κ2) is 14.4. The Balaban J connectivity index is 2.61. The van der Waals surface area contributed by atoms with Crippen LogP contribution in [0.2, 0.25) is 0 Å². The third-order valence-corrected chi connectivity index (χ3v) is 3.91. The molecule has 0 bridgehead atoms. The highest BCUT2D eigenvalue weighted by molar-refractivity contribution is 5.95. The Bertz CT molecular complexity index is 633. The first-order valence-electron chi connectivity index (χ1n) is 9.51. The molecule has 0 aliphatic carbocycles. The van der Waals surface area contributed by atoms with E-state index in [4.69, 9.17) is 14.6 Å². The molecule has 0 aliphatic heterocycles. The Labute approximate surface area is 166 Å². The first kappa shape index (κ1) is 23.4. The summed E-state index contributed by atoms with van der Waals surface area (Å²) in [6, 6.07) is 1.70. The van der Waals surface area contributed by atoms with E-state index in [2.05, 4.69) is 23.5 Å². The number of nitrogens with one attached hydrogen (secondary N) is 1. The lowest BCUT2D eigenvalue weighted by atomic mass is 10.1. The minimum Gasteiger partial charge on any atom is -0.491 e. The predicted octanol–water partition coefficient (Wildman–Crippen LogP) is 3.97. The number of carboxylic acids is 1. The number of carbonyl (C=O) groups excluding carboxylic acids is 1. The van der Waals surface area contributed by atoms with Gasteiger partial charge in [-0.3, -0.25) is 14.6 Å². The molecular weight excluding hydrogens is 360 g/mol. The first-order chi connectivity index (χ1) is 13.6. The largest absolute Gasteiger partial charge is 0.491 e. The van der Waals surface area contributed by atoms with E-state index in [0.717, 1.165) is 19.3 Å². The van der Waals surface area contributed by atoms with Gasteiger partial charge in [0.25, 0.3) is 5.91 Å². The zero-order chi connectivity index (χ0) is 20.6. The Morgan fingerprint density at radius 3 is 2.75 bits per heavy atom. The lowest BCUT2D eigenvalue weighted by molar-refractivity contribution is -0.137. The van der Waals surface area contributed by atoms with Crippen LogP contribution in [0.25, 0.3) is 0 Å². The van der Waals surface area contributed by atoms with Crippen LogP contribution in [0.4, 0.5) is 5.69 Å². The van der Waals surface area contributed by atoms with E-state index in [1.807, 2.05) is 6.08 Å². The minimum absolute atomic E-state index is 0.132. The van der Waals surface area contributed by atoms with Crippen LogP contribution in [0.15, 0.2) is 43.8 Å². The fraction of sp³-hybridized carbons (Fsp3) is 0.476. The summed E-state index contributed by atoms with van der Waals surface area (Å²) >= 11 is 0. The average Bonchev–Trinajstić information content (AvgIpc) is 2.68. The molecule has 0 saturated carbocycles. The lowest BCUT2D eigenvalue weighted by Gasteiger charge is -2.18. The molecule has 154 valence electrons. The fourth-order valence-electron chi connectivity index (χ4n) is 2.48. The van der Waals surface area contributed by atoms with Gasteiger partial charge < -0.3 is 19.9 Å². The molecule has 0 radical (unpaired) electrons. The number of hydrogen-bond donors (Lipinski definition) is 2. The highest BCUT2D eigenvalue weighted by Crippen LogP contribution is 2.23. The van der Waals surface area contributed by atoms with Gasteiger partial charge in [0.05, 0.1) is 19.4 Å². The van der Waals surface area contributed by atoms with E-state index in [1.54, 1.807) is 18.3 Å². The highest BCUT2D eigenvalue weighted by Gasteiger charge is 2.20. The summed E-state index contributed by atoms with van der Waals surface area (Å²) in [5, 5.41) is 11.5. The zero-order valence-electron chi connectivity index (χ0n) is 16.3. The van der Waals surface area contributed by atoms with Crippen molar-refractivity contribution < 1.29 is 24.2 Å². The number of pyridine rings is 1. The second-order valence-corrected chi connectivity index (χ2v) is 6.24. The summed E-state index contributed by atoms with van der Waals surface area (Å²) in [6.45, 7) is 8.06. The Morgan fingerprint density at radius 2 is 2.04 bits per heavy atom. The molecule has 0 saturated heterocycles. The van der Waals surface area contributed by atoms with Gasteiger partial charge in [0.15, 0.2) is 0 Å². The van der Waals surface area contributed by atoms with Crippen LogP contribution >= 0.6 is 0 Å². The summed E-state index contributed by atoms with van der Waals surface area (Å²) in [4.78, 5) is 27.3.